The predicted molar refractivity (Wildman–Crippen MR) is 69.0 cm³/mol. The quantitative estimate of drug-likeness (QED) is 0.788. The van der Waals surface area contributed by atoms with Crippen LogP contribution < -0.4 is 10.5 Å². The van der Waals surface area contributed by atoms with Gasteiger partial charge < -0.3 is 20.5 Å². The first-order chi connectivity index (χ1) is 8.61. The van der Waals surface area contributed by atoms with Crippen LogP contribution in [0.25, 0.3) is 0 Å². The van der Waals surface area contributed by atoms with Gasteiger partial charge in [0.25, 0.3) is 0 Å². The Bertz CT molecular complexity index is 440. The molecular weight excluding hydrogens is 232 g/mol. The van der Waals surface area contributed by atoms with E-state index >= 15 is 0 Å². The van der Waals surface area contributed by atoms with E-state index < -0.39 is 6.09 Å². The Kier molecular flexibility index (Phi) is 3.60. The van der Waals surface area contributed by atoms with Gasteiger partial charge in [-0.05, 0) is 36.5 Å². The number of hydrogen-bond acceptors (Lipinski definition) is 3. The summed E-state index contributed by atoms with van der Waals surface area (Å²) < 4.78 is 5.21. The van der Waals surface area contributed by atoms with Crippen molar-refractivity contribution < 1.29 is 14.6 Å². The molecule has 18 heavy (non-hydrogen) atoms. The smallest absolute Gasteiger partial charge is 0.407 e. The van der Waals surface area contributed by atoms with Crippen molar-refractivity contribution in [2.24, 2.45) is 0 Å². The van der Waals surface area contributed by atoms with Crippen molar-refractivity contribution in [1.29, 1.82) is 0 Å². The van der Waals surface area contributed by atoms with Crippen LogP contribution in [0.1, 0.15) is 24.3 Å². The molecule has 1 heterocycles. The van der Waals surface area contributed by atoms with E-state index in [0.717, 1.165) is 12.8 Å². The molecule has 1 aliphatic rings. The monoisotopic (exact) mass is 250 g/mol. The molecule has 0 aromatic heterocycles. The van der Waals surface area contributed by atoms with Crippen LogP contribution in [-0.4, -0.2) is 36.3 Å². The lowest BCUT2D eigenvalue weighted by Gasteiger charge is -2.30. The fourth-order valence-corrected chi connectivity index (χ4v) is 2.39. The number of amides is 1. The summed E-state index contributed by atoms with van der Waals surface area (Å²) in [6, 6.07) is 5.80. The SMILES string of the molecule is COc1cc(C2CCN(C(=O)O)CC2)ccc1N. The van der Waals surface area contributed by atoms with Gasteiger partial charge in [0.1, 0.15) is 5.75 Å². The zero-order valence-electron chi connectivity index (χ0n) is 10.4. The Balaban J connectivity index is 2.07. The first kappa shape index (κ1) is 12.5. The normalized spacial score (nSPS) is 16.6. The number of rotatable bonds is 2. The molecule has 0 saturated carbocycles. The number of methoxy groups -OCH3 is 1. The molecule has 1 aromatic carbocycles. The van der Waals surface area contributed by atoms with Gasteiger partial charge in [0.2, 0.25) is 0 Å². The van der Waals surface area contributed by atoms with Crippen LogP contribution in [0.5, 0.6) is 5.75 Å². The molecule has 0 radical (unpaired) electrons. The third-order valence-electron chi connectivity index (χ3n) is 3.49. The Morgan fingerprint density at radius 3 is 2.67 bits per heavy atom. The molecule has 5 nitrogen and oxygen atoms in total. The van der Waals surface area contributed by atoms with Gasteiger partial charge in [-0.15, -0.1) is 0 Å². The molecular formula is C13H18N2O3. The summed E-state index contributed by atoms with van der Waals surface area (Å²) in [4.78, 5) is 12.3. The number of piperidine rings is 1. The summed E-state index contributed by atoms with van der Waals surface area (Å²) in [5, 5.41) is 8.90. The van der Waals surface area contributed by atoms with Crippen LogP contribution in [0.15, 0.2) is 18.2 Å². The van der Waals surface area contributed by atoms with E-state index in [9.17, 15) is 4.79 Å². The molecule has 0 bridgehead atoms. The van der Waals surface area contributed by atoms with Gasteiger partial charge >= 0.3 is 6.09 Å². The van der Waals surface area contributed by atoms with E-state index in [-0.39, 0.29) is 0 Å². The van der Waals surface area contributed by atoms with Crippen molar-refractivity contribution in [1.82, 2.24) is 4.90 Å². The molecule has 0 aliphatic carbocycles. The minimum atomic E-state index is -0.830. The van der Waals surface area contributed by atoms with Gasteiger partial charge in [-0.2, -0.15) is 0 Å². The fraction of sp³-hybridized carbons (Fsp3) is 0.462. The van der Waals surface area contributed by atoms with E-state index in [1.54, 1.807) is 7.11 Å². The number of hydrogen-bond donors (Lipinski definition) is 2. The minimum absolute atomic E-state index is 0.384. The first-order valence-electron chi connectivity index (χ1n) is 6.03. The second kappa shape index (κ2) is 5.16. The maximum absolute atomic E-state index is 10.8. The molecule has 98 valence electrons. The summed E-state index contributed by atoms with van der Waals surface area (Å²) in [5.41, 5.74) is 7.58. The van der Waals surface area contributed by atoms with Gasteiger partial charge in [-0.25, -0.2) is 4.79 Å². The van der Waals surface area contributed by atoms with Crippen LogP contribution in [-0.2, 0) is 0 Å². The molecule has 5 heteroatoms. The van der Waals surface area contributed by atoms with Crippen molar-refractivity contribution in [3.8, 4) is 5.75 Å². The first-order valence-corrected chi connectivity index (χ1v) is 6.03. The lowest BCUT2D eigenvalue weighted by atomic mass is 9.89. The minimum Gasteiger partial charge on any atom is -0.495 e. The summed E-state index contributed by atoms with van der Waals surface area (Å²) in [5.74, 6) is 1.07. The summed E-state index contributed by atoms with van der Waals surface area (Å²) in [6.07, 6.45) is 0.863. The van der Waals surface area contributed by atoms with Gasteiger partial charge in [-0.1, -0.05) is 6.07 Å². The maximum Gasteiger partial charge on any atom is 0.407 e. The number of likely N-dealkylation sites (tertiary alicyclic amines) is 1. The number of carbonyl (C=O) groups is 1. The number of carboxylic acid groups (broad SMARTS) is 1. The summed E-state index contributed by atoms with van der Waals surface area (Å²) >= 11 is 0. The van der Waals surface area contributed by atoms with Crippen LogP contribution in [0.3, 0.4) is 0 Å². The highest BCUT2D eigenvalue weighted by Gasteiger charge is 2.23. The lowest BCUT2D eigenvalue weighted by molar-refractivity contribution is 0.132. The number of anilines is 1. The summed E-state index contributed by atoms with van der Waals surface area (Å²) in [6.45, 7) is 1.18. The molecule has 1 aliphatic heterocycles. The zero-order chi connectivity index (χ0) is 13.1. The van der Waals surface area contributed by atoms with Crippen LogP contribution in [0, 0.1) is 0 Å². The van der Waals surface area contributed by atoms with Gasteiger partial charge in [0, 0.05) is 13.1 Å². The second-order valence-electron chi connectivity index (χ2n) is 4.55. The number of ether oxygens (including phenoxy) is 1. The van der Waals surface area contributed by atoms with Crippen molar-refractivity contribution in [2.75, 3.05) is 25.9 Å². The molecule has 0 atom stereocenters. The Morgan fingerprint density at radius 1 is 1.44 bits per heavy atom. The molecule has 0 unspecified atom stereocenters. The molecule has 1 amide bonds. The van der Waals surface area contributed by atoms with Crippen LogP contribution in [0.4, 0.5) is 10.5 Å². The van der Waals surface area contributed by atoms with Gasteiger partial charge in [0.15, 0.2) is 0 Å². The highest BCUT2D eigenvalue weighted by Crippen LogP contribution is 2.32. The van der Waals surface area contributed by atoms with Crippen LogP contribution in [0.2, 0.25) is 0 Å². The number of nitrogen functional groups attached to an aromatic ring is 1. The zero-order valence-corrected chi connectivity index (χ0v) is 10.4. The van der Waals surface area contributed by atoms with Crippen LogP contribution >= 0.6 is 0 Å². The Hall–Kier alpha value is -1.91. The van der Waals surface area contributed by atoms with E-state index in [1.807, 2.05) is 18.2 Å². The van der Waals surface area contributed by atoms with E-state index in [2.05, 4.69) is 0 Å². The third kappa shape index (κ3) is 2.50. The van der Waals surface area contributed by atoms with E-state index in [0.29, 0.717) is 30.4 Å². The Labute approximate surface area is 106 Å². The number of nitrogens with zero attached hydrogens (tertiary/aromatic N) is 1. The second-order valence-corrected chi connectivity index (χ2v) is 4.55. The average molecular weight is 250 g/mol. The Morgan fingerprint density at radius 2 is 2.11 bits per heavy atom. The third-order valence-corrected chi connectivity index (χ3v) is 3.49. The molecule has 3 N–H and O–H groups in total. The fourth-order valence-electron chi connectivity index (χ4n) is 2.39. The molecule has 1 aromatic rings. The highest BCUT2D eigenvalue weighted by molar-refractivity contribution is 5.65. The highest BCUT2D eigenvalue weighted by atomic mass is 16.5. The lowest BCUT2D eigenvalue weighted by Crippen LogP contribution is -2.36. The van der Waals surface area contributed by atoms with Crippen molar-refractivity contribution in [2.45, 2.75) is 18.8 Å². The van der Waals surface area contributed by atoms with E-state index in [1.165, 1.54) is 10.5 Å². The molecule has 2 rings (SSSR count). The largest absolute Gasteiger partial charge is 0.495 e. The van der Waals surface area contributed by atoms with Crippen molar-refractivity contribution in [3.63, 3.8) is 0 Å². The summed E-state index contributed by atoms with van der Waals surface area (Å²) in [7, 11) is 1.60. The van der Waals surface area contributed by atoms with Gasteiger partial charge in [-0.3, -0.25) is 0 Å². The van der Waals surface area contributed by atoms with E-state index in [4.69, 9.17) is 15.6 Å². The van der Waals surface area contributed by atoms with Crippen molar-refractivity contribution >= 4 is 11.8 Å². The standard InChI is InChI=1S/C13H18N2O3/c1-18-12-8-10(2-3-11(12)14)9-4-6-15(7-5-9)13(16)17/h2-3,8-9H,4-7,14H2,1H3,(H,16,17). The topological polar surface area (TPSA) is 75.8 Å². The molecule has 1 saturated heterocycles. The molecule has 0 spiro atoms. The molecule has 1 fully saturated rings. The van der Waals surface area contributed by atoms with Gasteiger partial charge in [0.05, 0.1) is 12.8 Å². The maximum atomic E-state index is 10.8. The predicted octanol–water partition coefficient (Wildman–Crippen LogP) is 2.13. The number of benzene rings is 1. The average Bonchev–Trinajstić information content (AvgIpc) is 2.39. The van der Waals surface area contributed by atoms with Crippen molar-refractivity contribution in [3.05, 3.63) is 23.8 Å². The number of nitrogens with two attached hydrogens (primary N) is 1.